The first-order valence-corrected chi connectivity index (χ1v) is 4.52. The number of rotatable bonds is 2. The van der Waals surface area contributed by atoms with Gasteiger partial charge in [-0.1, -0.05) is 18.6 Å². The van der Waals surface area contributed by atoms with Gasteiger partial charge >= 0.3 is 0 Å². The molecule has 1 fully saturated rings. The van der Waals surface area contributed by atoms with Gasteiger partial charge in [0, 0.05) is 7.11 Å². The van der Waals surface area contributed by atoms with Crippen molar-refractivity contribution in [3.63, 3.8) is 0 Å². The standard InChI is InChI=1S/C10H18O/c1-3-5-9-6-4-7-10(8-9)11-2/h3,5,9-10H,4,6-8H2,1-2H3/b5-3+. The van der Waals surface area contributed by atoms with Crippen molar-refractivity contribution in [3.8, 4) is 0 Å². The molecule has 0 amide bonds. The summed E-state index contributed by atoms with van der Waals surface area (Å²) >= 11 is 0. The minimum atomic E-state index is 0.518. The Hall–Kier alpha value is -0.300. The molecule has 0 bridgehead atoms. The fourth-order valence-corrected chi connectivity index (χ4v) is 1.84. The van der Waals surface area contributed by atoms with Crippen LogP contribution in [0.2, 0.25) is 0 Å². The zero-order chi connectivity index (χ0) is 8.10. The molecular formula is C10H18O. The molecule has 2 unspecified atom stereocenters. The molecular weight excluding hydrogens is 136 g/mol. The quantitative estimate of drug-likeness (QED) is 0.556. The van der Waals surface area contributed by atoms with E-state index in [9.17, 15) is 0 Å². The van der Waals surface area contributed by atoms with Crippen LogP contribution < -0.4 is 0 Å². The molecule has 1 nitrogen and oxygen atoms in total. The van der Waals surface area contributed by atoms with Gasteiger partial charge in [0.25, 0.3) is 0 Å². The average Bonchev–Trinajstić information content (AvgIpc) is 2.06. The van der Waals surface area contributed by atoms with Crippen LogP contribution in [0.5, 0.6) is 0 Å². The van der Waals surface area contributed by atoms with Crippen LogP contribution >= 0.6 is 0 Å². The third-order valence-electron chi connectivity index (χ3n) is 2.46. The summed E-state index contributed by atoms with van der Waals surface area (Å²) in [4.78, 5) is 0. The van der Waals surface area contributed by atoms with Gasteiger partial charge in [-0.3, -0.25) is 0 Å². The van der Waals surface area contributed by atoms with Gasteiger partial charge in [-0.05, 0) is 32.1 Å². The number of hydrogen-bond donors (Lipinski definition) is 0. The highest BCUT2D eigenvalue weighted by molar-refractivity contribution is 4.89. The molecule has 0 heterocycles. The Kier molecular flexibility index (Phi) is 3.64. The van der Waals surface area contributed by atoms with E-state index in [1.54, 1.807) is 0 Å². The van der Waals surface area contributed by atoms with E-state index in [4.69, 9.17) is 4.74 Å². The molecule has 0 aliphatic heterocycles. The molecule has 0 aromatic carbocycles. The second-order valence-electron chi connectivity index (χ2n) is 3.31. The molecule has 1 heteroatoms. The minimum Gasteiger partial charge on any atom is -0.381 e. The van der Waals surface area contributed by atoms with Crippen molar-refractivity contribution >= 4 is 0 Å². The Morgan fingerprint density at radius 1 is 1.36 bits per heavy atom. The van der Waals surface area contributed by atoms with Crippen molar-refractivity contribution in [3.05, 3.63) is 12.2 Å². The lowest BCUT2D eigenvalue weighted by Gasteiger charge is -2.25. The summed E-state index contributed by atoms with van der Waals surface area (Å²) in [5, 5.41) is 0. The maximum Gasteiger partial charge on any atom is 0.0577 e. The van der Waals surface area contributed by atoms with Gasteiger partial charge in [0.2, 0.25) is 0 Å². The van der Waals surface area contributed by atoms with Crippen LogP contribution in [0.25, 0.3) is 0 Å². The lowest BCUT2D eigenvalue weighted by Crippen LogP contribution is -2.20. The number of methoxy groups -OCH3 is 1. The van der Waals surface area contributed by atoms with Crippen molar-refractivity contribution < 1.29 is 4.74 Å². The van der Waals surface area contributed by atoms with Crippen LogP contribution in [0, 0.1) is 5.92 Å². The highest BCUT2D eigenvalue weighted by Crippen LogP contribution is 2.26. The van der Waals surface area contributed by atoms with E-state index in [1.807, 2.05) is 7.11 Å². The highest BCUT2D eigenvalue weighted by Gasteiger charge is 2.18. The fraction of sp³-hybridized carbons (Fsp3) is 0.800. The smallest absolute Gasteiger partial charge is 0.0577 e. The first-order valence-electron chi connectivity index (χ1n) is 4.52. The molecule has 0 N–H and O–H groups in total. The van der Waals surface area contributed by atoms with Gasteiger partial charge in [-0.25, -0.2) is 0 Å². The zero-order valence-corrected chi connectivity index (χ0v) is 7.55. The third kappa shape index (κ3) is 2.66. The molecule has 1 aliphatic rings. The molecule has 0 radical (unpaired) electrons. The third-order valence-corrected chi connectivity index (χ3v) is 2.46. The maximum atomic E-state index is 5.33. The fourth-order valence-electron chi connectivity index (χ4n) is 1.84. The van der Waals surface area contributed by atoms with Crippen LogP contribution in [0.1, 0.15) is 32.6 Å². The van der Waals surface area contributed by atoms with Crippen molar-refractivity contribution in [1.82, 2.24) is 0 Å². The summed E-state index contributed by atoms with van der Waals surface area (Å²) in [6.45, 7) is 2.09. The van der Waals surface area contributed by atoms with E-state index >= 15 is 0 Å². The van der Waals surface area contributed by atoms with Gasteiger partial charge < -0.3 is 4.74 Å². The zero-order valence-electron chi connectivity index (χ0n) is 7.55. The molecule has 0 saturated heterocycles. The second-order valence-corrected chi connectivity index (χ2v) is 3.31. The topological polar surface area (TPSA) is 9.23 Å². The molecule has 1 rings (SSSR count). The van der Waals surface area contributed by atoms with Crippen molar-refractivity contribution in [2.24, 2.45) is 5.92 Å². The van der Waals surface area contributed by atoms with Gasteiger partial charge in [0.1, 0.15) is 0 Å². The monoisotopic (exact) mass is 154 g/mol. The molecule has 0 aromatic heterocycles. The van der Waals surface area contributed by atoms with Crippen LogP contribution in [-0.4, -0.2) is 13.2 Å². The van der Waals surface area contributed by atoms with Gasteiger partial charge in [0.15, 0.2) is 0 Å². The van der Waals surface area contributed by atoms with E-state index in [1.165, 1.54) is 25.7 Å². The lowest BCUT2D eigenvalue weighted by atomic mass is 9.87. The van der Waals surface area contributed by atoms with Crippen LogP contribution in [0.15, 0.2) is 12.2 Å². The number of ether oxygens (including phenoxy) is 1. The van der Waals surface area contributed by atoms with Gasteiger partial charge in [-0.2, -0.15) is 0 Å². The Morgan fingerprint density at radius 2 is 2.18 bits per heavy atom. The molecule has 1 aliphatic carbocycles. The summed E-state index contributed by atoms with van der Waals surface area (Å²) in [7, 11) is 1.82. The second kappa shape index (κ2) is 4.55. The summed E-state index contributed by atoms with van der Waals surface area (Å²) in [6.07, 6.45) is 10.1. The van der Waals surface area contributed by atoms with Gasteiger partial charge in [-0.15, -0.1) is 0 Å². The SMILES string of the molecule is C/C=C/C1CCCC(OC)C1. The predicted molar refractivity (Wildman–Crippen MR) is 47.6 cm³/mol. The van der Waals surface area contributed by atoms with E-state index in [2.05, 4.69) is 19.1 Å². The molecule has 2 atom stereocenters. The normalized spacial score (nSPS) is 32.9. The Morgan fingerprint density at radius 3 is 2.82 bits per heavy atom. The molecule has 64 valence electrons. The molecule has 11 heavy (non-hydrogen) atoms. The molecule has 0 spiro atoms. The summed E-state index contributed by atoms with van der Waals surface area (Å²) in [5.41, 5.74) is 0. The number of allylic oxidation sites excluding steroid dienone is 2. The Balaban J connectivity index is 2.33. The van der Waals surface area contributed by atoms with E-state index in [-0.39, 0.29) is 0 Å². The van der Waals surface area contributed by atoms with E-state index in [0.717, 1.165) is 5.92 Å². The summed E-state index contributed by atoms with van der Waals surface area (Å²) < 4.78 is 5.33. The Labute approximate surface area is 69.4 Å². The minimum absolute atomic E-state index is 0.518. The van der Waals surface area contributed by atoms with Crippen LogP contribution in [0.4, 0.5) is 0 Å². The van der Waals surface area contributed by atoms with Crippen molar-refractivity contribution in [2.75, 3.05) is 7.11 Å². The summed E-state index contributed by atoms with van der Waals surface area (Å²) in [6, 6.07) is 0. The predicted octanol–water partition coefficient (Wildman–Crippen LogP) is 2.77. The van der Waals surface area contributed by atoms with Crippen molar-refractivity contribution in [2.45, 2.75) is 38.7 Å². The van der Waals surface area contributed by atoms with Crippen molar-refractivity contribution in [1.29, 1.82) is 0 Å². The highest BCUT2D eigenvalue weighted by atomic mass is 16.5. The maximum absolute atomic E-state index is 5.33. The van der Waals surface area contributed by atoms with E-state index in [0.29, 0.717) is 6.10 Å². The van der Waals surface area contributed by atoms with Crippen LogP contribution in [-0.2, 0) is 4.74 Å². The number of hydrogen-bond acceptors (Lipinski definition) is 1. The first kappa shape index (κ1) is 8.79. The van der Waals surface area contributed by atoms with Gasteiger partial charge in [0.05, 0.1) is 6.10 Å². The van der Waals surface area contributed by atoms with Crippen LogP contribution in [0.3, 0.4) is 0 Å². The molecule has 0 aromatic rings. The van der Waals surface area contributed by atoms with E-state index < -0.39 is 0 Å². The lowest BCUT2D eigenvalue weighted by molar-refractivity contribution is 0.0589. The summed E-state index contributed by atoms with van der Waals surface area (Å²) in [5.74, 6) is 0.777. The Bertz CT molecular complexity index is 129. The molecule has 1 saturated carbocycles. The first-order chi connectivity index (χ1) is 5.36. The average molecular weight is 154 g/mol. The largest absolute Gasteiger partial charge is 0.381 e.